The molecule has 0 amide bonds. The fraction of sp³-hybridized carbons (Fsp3) is 0.875. The molecule has 0 aliphatic rings. The van der Waals surface area contributed by atoms with Crippen LogP contribution in [0.1, 0.15) is 13.8 Å². The molecule has 0 N–H and O–H groups in total. The summed E-state index contributed by atoms with van der Waals surface area (Å²) in [5.74, 6) is -1.12. The molecule has 15 heteroatoms. The van der Waals surface area contributed by atoms with Crippen molar-refractivity contribution in [1.29, 1.82) is 0 Å². The average Bonchev–Trinajstić information content (AvgIpc) is 2.23. The van der Waals surface area contributed by atoms with E-state index in [-0.39, 0.29) is 6.66 Å². The van der Waals surface area contributed by atoms with Crippen molar-refractivity contribution in [3.63, 3.8) is 0 Å². The summed E-state index contributed by atoms with van der Waals surface area (Å²) in [6.07, 6.45) is -3.39. The summed E-state index contributed by atoms with van der Waals surface area (Å²) < 4.78 is 126. The van der Waals surface area contributed by atoms with Crippen LogP contribution in [0.3, 0.4) is 0 Å². The van der Waals surface area contributed by atoms with E-state index in [4.69, 9.17) is 0 Å². The van der Waals surface area contributed by atoms with Crippen LogP contribution in [0.15, 0.2) is 0 Å². The van der Waals surface area contributed by atoms with Crippen molar-refractivity contribution >= 4 is 30.5 Å². The average molecular weight is 414 g/mol. The molecule has 0 rings (SSSR count). The summed E-state index contributed by atoms with van der Waals surface area (Å²) in [5, 5.41) is 0. The van der Waals surface area contributed by atoms with Crippen LogP contribution in [0.25, 0.3) is 0 Å². The number of rotatable bonds is 5. The standard InChI is InChI=1S/C8H13F6O6PS2/c1-5(20-6(2)15)4-21(3,22(16,17)7(9,10)11)23(18,19)8(12,13)14/h5,21H,4H2,1-3H3. The van der Waals surface area contributed by atoms with Gasteiger partial charge in [0, 0.05) is 0 Å². The van der Waals surface area contributed by atoms with Crippen molar-refractivity contribution in [2.75, 3.05) is 12.8 Å². The molecule has 0 saturated carbocycles. The predicted octanol–water partition coefficient (Wildman–Crippen LogP) is 2.02. The molecule has 0 aliphatic heterocycles. The van der Waals surface area contributed by atoms with Gasteiger partial charge >= 0.3 is 127 Å². The summed E-state index contributed by atoms with van der Waals surface area (Å²) in [4.78, 5) is 10.7. The van der Waals surface area contributed by atoms with E-state index in [1.807, 2.05) is 0 Å². The predicted molar refractivity (Wildman–Crippen MR) is 70.3 cm³/mol. The van der Waals surface area contributed by atoms with Crippen molar-refractivity contribution in [3.05, 3.63) is 0 Å². The molecule has 0 bridgehead atoms. The first kappa shape index (κ1) is 22.4. The van der Waals surface area contributed by atoms with Gasteiger partial charge in [-0.25, -0.2) is 0 Å². The number of hydrogen-bond acceptors (Lipinski definition) is 6. The number of alkyl halides is 6. The summed E-state index contributed by atoms with van der Waals surface area (Å²) in [5.41, 5.74) is -18.6. The number of halogens is 6. The molecule has 0 saturated heterocycles. The van der Waals surface area contributed by atoms with E-state index < -0.39 is 53.8 Å². The maximum atomic E-state index is 12.7. The Labute approximate surface area is 127 Å². The second-order valence-electron chi connectivity index (χ2n) is 4.66. The second kappa shape index (κ2) is 6.36. The third-order valence-electron chi connectivity index (χ3n) is 2.77. The summed E-state index contributed by atoms with van der Waals surface area (Å²) >= 11 is 0. The van der Waals surface area contributed by atoms with Crippen LogP contribution in [0.4, 0.5) is 26.3 Å². The van der Waals surface area contributed by atoms with Crippen LogP contribution in [-0.2, 0) is 28.4 Å². The molecular formula is C8H13F6O6PS2. The summed E-state index contributed by atoms with van der Waals surface area (Å²) in [6.45, 7) is 1.48. The van der Waals surface area contributed by atoms with Crippen molar-refractivity contribution in [2.45, 2.75) is 31.0 Å². The van der Waals surface area contributed by atoms with Gasteiger partial charge in [0.05, 0.1) is 0 Å². The van der Waals surface area contributed by atoms with Crippen molar-refractivity contribution in [3.8, 4) is 0 Å². The molecule has 0 aliphatic carbocycles. The number of esters is 1. The zero-order valence-electron chi connectivity index (χ0n) is 11.8. The third-order valence-corrected chi connectivity index (χ3v) is 20.7. The van der Waals surface area contributed by atoms with E-state index in [9.17, 15) is 48.0 Å². The normalized spacial score (nSPS) is 16.7. The third kappa shape index (κ3) is 4.08. The van der Waals surface area contributed by atoms with Crippen LogP contribution in [0.2, 0.25) is 0 Å². The first-order chi connectivity index (χ1) is 9.81. The summed E-state index contributed by atoms with van der Waals surface area (Å²) in [6, 6.07) is 0. The van der Waals surface area contributed by atoms with E-state index in [2.05, 4.69) is 4.74 Å². The maximum absolute atomic E-state index is 12.7. The Morgan fingerprint density at radius 1 is 1.00 bits per heavy atom. The van der Waals surface area contributed by atoms with Gasteiger partial charge in [0.2, 0.25) is 0 Å². The Bertz CT molecular complexity index is 620. The van der Waals surface area contributed by atoms with E-state index in [0.29, 0.717) is 0 Å². The van der Waals surface area contributed by atoms with Gasteiger partial charge in [0.25, 0.3) is 0 Å². The molecule has 0 radical (unpaired) electrons. The number of carbonyl (C=O) groups is 1. The van der Waals surface area contributed by atoms with Gasteiger partial charge in [-0.2, -0.15) is 0 Å². The van der Waals surface area contributed by atoms with Crippen molar-refractivity contribution in [2.24, 2.45) is 0 Å². The Kier molecular flexibility index (Phi) is 6.18. The molecule has 0 aromatic rings. The van der Waals surface area contributed by atoms with Crippen LogP contribution in [-0.4, -0.2) is 52.8 Å². The van der Waals surface area contributed by atoms with Gasteiger partial charge in [-0.1, -0.05) is 0 Å². The molecule has 0 aromatic heterocycles. The molecule has 23 heavy (non-hydrogen) atoms. The number of hydrogen-bond donors (Lipinski definition) is 0. The minimum atomic E-state index is -6.67. The molecule has 0 aromatic carbocycles. The number of ether oxygens (including phenoxy) is 1. The first-order valence-electron chi connectivity index (χ1n) is 5.60. The van der Waals surface area contributed by atoms with Crippen LogP contribution >= 0.6 is 5.67 Å². The quantitative estimate of drug-likeness (QED) is 0.388. The van der Waals surface area contributed by atoms with Crippen molar-refractivity contribution < 1.29 is 52.7 Å². The fourth-order valence-electron chi connectivity index (χ4n) is 1.70. The minimum absolute atomic E-state index is 0.0847. The zero-order valence-corrected chi connectivity index (χ0v) is 14.5. The van der Waals surface area contributed by atoms with Gasteiger partial charge in [-0.3, -0.25) is 0 Å². The molecule has 1 unspecified atom stereocenters. The van der Waals surface area contributed by atoms with Crippen LogP contribution in [0, 0.1) is 0 Å². The van der Waals surface area contributed by atoms with Gasteiger partial charge in [0.1, 0.15) is 0 Å². The summed E-state index contributed by atoms with van der Waals surface area (Å²) in [7, 11) is -13.3. The van der Waals surface area contributed by atoms with E-state index in [0.717, 1.165) is 13.8 Å². The van der Waals surface area contributed by atoms with E-state index >= 15 is 0 Å². The van der Waals surface area contributed by atoms with E-state index in [1.165, 1.54) is 0 Å². The SMILES string of the molecule is CC(=O)OC(C)C[PH](C)(S(=O)(=O)C(F)(F)F)S(=O)(=O)C(F)(F)F. The number of carbonyl (C=O) groups excluding carboxylic acids is 1. The topological polar surface area (TPSA) is 94.6 Å². The van der Waals surface area contributed by atoms with Gasteiger partial charge in [0.15, 0.2) is 0 Å². The zero-order chi connectivity index (χ0) is 19.1. The molecule has 6 nitrogen and oxygen atoms in total. The van der Waals surface area contributed by atoms with Gasteiger partial charge < -0.3 is 0 Å². The molecule has 140 valence electrons. The van der Waals surface area contributed by atoms with Crippen LogP contribution in [0.5, 0.6) is 0 Å². The molecule has 0 heterocycles. The monoisotopic (exact) mass is 414 g/mol. The second-order valence-corrected chi connectivity index (χ2v) is 19.7. The van der Waals surface area contributed by atoms with E-state index in [1.54, 1.807) is 0 Å². The van der Waals surface area contributed by atoms with Crippen molar-refractivity contribution in [1.82, 2.24) is 0 Å². The molecule has 1 atom stereocenters. The first-order valence-corrected chi connectivity index (χ1v) is 12.7. The fourth-order valence-corrected chi connectivity index (χ4v) is 15.4. The Morgan fingerprint density at radius 2 is 1.30 bits per heavy atom. The van der Waals surface area contributed by atoms with Gasteiger partial charge in [-0.15, -0.1) is 0 Å². The molecular weight excluding hydrogens is 401 g/mol. The Hall–Kier alpha value is -0.620. The van der Waals surface area contributed by atoms with Gasteiger partial charge in [-0.05, 0) is 0 Å². The molecule has 0 fully saturated rings. The molecule has 0 spiro atoms. The Balaban J connectivity index is 6.41. The Morgan fingerprint density at radius 3 is 1.52 bits per heavy atom. The van der Waals surface area contributed by atoms with Crippen LogP contribution < -0.4 is 0 Å².